The third-order valence-corrected chi connectivity index (χ3v) is 2.53. The molecule has 17 heavy (non-hydrogen) atoms. The molecule has 5 heteroatoms. The summed E-state index contributed by atoms with van der Waals surface area (Å²) in [5.41, 5.74) is 0.0102. The highest BCUT2D eigenvalue weighted by Crippen LogP contribution is 2.25. The van der Waals surface area contributed by atoms with Crippen LogP contribution in [0, 0.1) is 10.1 Å². The van der Waals surface area contributed by atoms with E-state index >= 15 is 0 Å². The SMILES string of the molecule is CCC(C)NCCOc1ccccc1[N+](=O)[O-]. The molecule has 94 valence electrons. The molecule has 1 rings (SSSR count). The fraction of sp³-hybridized carbons (Fsp3) is 0.500. The maximum absolute atomic E-state index is 10.7. The van der Waals surface area contributed by atoms with Crippen LogP contribution < -0.4 is 10.1 Å². The number of nitrogens with zero attached hydrogens (tertiary/aromatic N) is 1. The monoisotopic (exact) mass is 238 g/mol. The average molecular weight is 238 g/mol. The van der Waals surface area contributed by atoms with Crippen molar-refractivity contribution in [3.63, 3.8) is 0 Å². The first kappa shape index (κ1) is 13.4. The van der Waals surface area contributed by atoms with Gasteiger partial charge in [-0.2, -0.15) is 0 Å². The van der Waals surface area contributed by atoms with Crippen molar-refractivity contribution in [1.82, 2.24) is 5.32 Å². The van der Waals surface area contributed by atoms with Gasteiger partial charge in [-0.3, -0.25) is 10.1 Å². The van der Waals surface area contributed by atoms with Crippen molar-refractivity contribution in [3.05, 3.63) is 34.4 Å². The lowest BCUT2D eigenvalue weighted by molar-refractivity contribution is -0.385. The van der Waals surface area contributed by atoms with E-state index < -0.39 is 4.92 Å². The number of ether oxygens (including phenoxy) is 1. The second-order valence-electron chi connectivity index (χ2n) is 3.84. The zero-order valence-corrected chi connectivity index (χ0v) is 10.2. The Bertz CT molecular complexity index is 369. The summed E-state index contributed by atoms with van der Waals surface area (Å²) in [5.74, 6) is 0.323. The van der Waals surface area contributed by atoms with Crippen molar-refractivity contribution in [2.75, 3.05) is 13.2 Å². The van der Waals surface area contributed by atoms with E-state index in [0.29, 0.717) is 24.9 Å². The van der Waals surface area contributed by atoms with E-state index in [-0.39, 0.29) is 5.69 Å². The van der Waals surface area contributed by atoms with Crippen molar-refractivity contribution >= 4 is 5.69 Å². The smallest absolute Gasteiger partial charge is 0.310 e. The maximum Gasteiger partial charge on any atom is 0.310 e. The molecule has 0 saturated carbocycles. The molecular formula is C12H18N2O3. The molecule has 0 aliphatic carbocycles. The predicted octanol–water partition coefficient (Wildman–Crippen LogP) is 2.36. The first-order valence-corrected chi connectivity index (χ1v) is 5.74. The third kappa shape index (κ3) is 4.40. The van der Waals surface area contributed by atoms with Crippen LogP contribution in [-0.2, 0) is 0 Å². The fourth-order valence-electron chi connectivity index (χ4n) is 1.34. The van der Waals surface area contributed by atoms with Crippen LogP contribution in [-0.4, -0.2) is 24.1 Å². The van der Waals surface area contributed by atoms with E-state index in [1.54, 1.807) is 18.2 Å². The molecule has 1 N–H and O–H groups in total. The van der Waals surface area contributed by atoms with Gasteiger partial charge in [-0.05, 0) is 19.4 Å². The maximum atomic E-state index is 10.7. The number of nitro groups is 1. The lowest BCUT2D eigenvalue weighted by Gasteiger charge is -2.11. The number of benzene rings is 1. The summed E-state index contributed by atoms with van der Waals surface area (Å²) in [6.45, 7) is 5.29. The Morgan fingerprint density at radius 3 is 2.82 bits per heavy atom. The molecule has 1 unspecified atom stereocenters. The molecule has 0 heterocycles. The Morgan fingerprint density at radius 2 is 2.18 bits per heavy atom. The van der Waals surface area contributed by atoms with Gasteiger partial charge >= 0.3 is 5.69 Å². The first-order chi connectivity index (χ1) is 8.15. The summed E-state index contributed by atoms with van der Waals surface area (Å²) in [4.78, 5) is 10.3. The van der Waals surface area contributed by atoms with Crippen molar-refractivity contribution in [1.29, 1.82) is 0 Å². The van der Waals surface area contributed by atoms with Crippen molar-refractivity contribution < 1.29 is 9.66 Å². The number of nitrogens with one attached hydrogen (secondary N) is 1. The largest absolute Gasteiger partial charge is 0.485 e. The molecular weight excluding hydrogens is 220 g/mol. The second-order valence-corrected chi connectivity index (χ2v) is 3.84. The van der Waals surface area contributed by atoms with Crippen molar-refractivity contribution in [3.8, 4) is 5.75 Å². The highest BCUT2D eigenvalue weighted by atomic mass is 16.6. The molecule has 1 aromatic carbocycles. The lowest BCUT2D eigenvalue weighted by Crippen LogP contribution is -2.29. The molecule has 0 amide bonds. The normalized spacial score (nSPS) is 12.1. The molecule has 0 saturated heterocycles. The molecule has 0 aliphatic heterocycles. The minimum Gasteiger partial charge on any atom is -0.485 e. The van der Waals surface area contributed by atoms with Crippen LogP contribution in [0.3, 0.4) is 0 Å². The molecule has 0 fully saturated rings. The van der Waals surface area contributed by atoms with Gasteiger partial charge in [0, 0.05) is 18.7 Å². The van der Waals surface area contributed by atoms with Gasteiger partial charge in [0.2, 0.25) is 0 Å². The van der Waals surface area contributed by atoms with Gasteiger partial charge in [-0.25, -0.2) is 0 Å². The molecule has 0 spiro atoms. The molecule has 0 bridgehead atoms. The van der Waals surface area contributed by atoms with Gasteiger partial charge < -0.3 is 10.1 Å². The van der Waals surface area contributed by atoms with Crippen LogP contribution in [0.15, 0.2) is 24.3 Å². The van der Waals surface area contributed by atoms with Crippen LogP contribution in [0.5, 0.6) is 5.75 Å². The zero-order valence-electron chi connectivity index (χ0n) is 10.2. The van der Waals surface area contributed by atoms with E-state index in [2.05, 4.69) is 19.2 Å². The van der Waals surface area contributed by atoms with Crippen LogP contribution in [0.25, 0.3) is 0 Å². The van der Waals surface area contributed by atoms with Gasteiger partial charge in [0.25, 0.3) is 0 Å². The number of hydrogen-bond acceptors (Lipinski definition) is 4. The van der Waals surface area contributed by atoms with Crippen molar-refractivity contribution in [2.24, 2.45) is 0 Å². The molecule has 0 aliphatic rings. The zero-order chi connectivity index (χ0) is 12.7. The standard InChI is InChI=1S/C12H18N2O3/c1-3-10(2)13-8-9-17-12-7-5-4-6-11(12)14(15)16/h4-7,10,13H,3,8-9H2,1-2H3. The average Bonchev–Trinajstić information content (AvgIpc) is 2.34. The molecule has 1 aromatic rings. The molecule has 0 aromatic heterocycles. The topological polar surface area (TPSA) is 64.4 Å². The van der Waals surface area contributed by atoms with Crippen LogP contribution >= 0.6 is 0 Å². The van der Waals surface area contributed by atoms with E-state index in [0.717, 1.165) is 6.42 Å². The highest BCUT2D eigenvalue weighted by molar-refractivity contribution is 5.45. The lowest BCUT2D eigenvalue weighted by atomic mass is 10.3. The van der Waals surface area contributed by atoms with E-state index in [9.17, 15) is 10.1 Å². The van der Waals surface area contributed by atoms with E-state index in [1.807, 2.05) is 0 Å². The minimum atomic E-state index is -0.433. The third-order valence-electron chi connectivity index (χ3n) is 2.53. The summed E-state index contributed by atoms with van der Waals surface area (Å²) in [6.07, 6.45) is 1.05. The van der Waals surface area contributed by atoms with E-state index in [1.165, 1.54) is 6.07 Å². The van der Waals surface area contributed by atoms with Crippen LogP contribution in [0.2, 0.25) is 0 Å². The highest BCUT2D eigenvalue weighted by Gasteiger charge is 2.12. The summed E-state index contributed by atoms with van der Waals surface area (Å²) >= 11 is 0. The summed E-state index contributed by atoms with van der Waals surface area (Å²) in [5, 5.41) is 14.0. The van der Waals surface area contributed by atoms with Gasteiger partial charge in [-0.1, -0.05) is 19.1 Å². The van der Waals surface area contributed by atoms with E-state index in [4.69, 9.17) is 4.74 Å². The van der Waals surface area contributed by atoms with Gasteiger partial charge in [-0.15, -0.1) is 0 Å². The number of hydrogen-bond donors (Lipinski definition) is 1. The Balaban J connectivity index is 2.44. The summed E-state index contributed by atoms with van der Waals surface area (Å²) in [7, 11) is 0. The minimum absolute atomic E-state index is 0.0102. The van der Waals surface area contributed by atoms with Gasteiger partial charge in [0.1, 0.15) is 6.61 Å². The number of nitro benzene ring substituents is 1. The molecule has 0 radical (unpaired) electrons. The van der Waals surface area contributed by atoms with Gasteiger partial charge in [0.15, 0.2) is 5.75 Å². The first-order valence-electron chi connectivity index (χ1n) is 5.74. The Hall–Kier alpha value is -1.62. The fourth-order valence-corrected chi connectivity index (χ4v) is 1.34. The summed E-state index contributed by atoms with van der Waals surface area (Å²) < 4.78 is 5.39. The summed E-state index contributed by atoms with van der Waals surface area (Å²) in [6, 6.07) is 6.84. The molecule has 5 nitrogen and oxygen atoms in total. The number of rotatable bonds is 7. The molecule has 1 atom stereocenters. The quantitative estimate of drug-likeness (QED) is 0.450. The Labute approximate surface area is 101 Å². The van der Waals surface area contributed by atoms with Crippen molar-refractivity contribution in [2.45, 2.75) is 26.3 Å². The van der Waals surface area contributed by atoms with Gasteiger partial charge in [0.05, 0.1) is 4.92 Å². The van der Waals surface area contributed by atoms with Crippen LogP contribution in [0.1, 0.15) is 20.3 Å². The second kappa shape index (κ2) is 6.85. The number of para-hydroxylation sites is 2. The Kier molecular flexibility index (Phi) is 5.42. The van der Waals surface area contributed by atoms with Crippen LogP contribution in [0.4, 0.5) is 5.69 Å². The Morgan fingerprint density at radius 1 is 1.47 bits per heavy atom. The predicted molar refractivity (Wildman–Crippen MR) is 66.3 cm³/mol.